The standard InChI is InChI=1S/C23H23F3N4/c1-17-16-20(23(24,25)26)28-22(27-17)30-14-12-29(13-15-30)21(18-8-4-2-5-9-18)19-10-6-3-7-11-19/h2-11,16,21H,12-15H2,1H3. The summed E-state index contributed by atoms with van der Waals surface area (Å²) in [5, 5.41) is 0. The van der Waals surface area contributed by atoms with Gasteiger partial charge in [-0.2, -0.15) is 13.2 Å². The van der Waals surface area contributed by atoms with Gasteiger partial charge in [-0.05, 0) is 24.1 Å². The lowest BCUT2D eigenvalue weighted by atomic mass is 9.96. The number of hydrogen-bond acceptors (Lipinski definition) is 4. The van der Waals surface area contributed by atoms with Crippen molar-refractivity contribution >= 4 is 5.95 Å². The van der Waals surface area contributed by atoms with Gasteiger partial charge >= 0.3 is 6.18 Å². The molecule has 0 unspecified atom stereocenters. The Morgan fingerprint density at radius 1 is 0.800 bits per heavy atom. The third-order valence-electron chi connectivity index (χ3n) is 5.33. The van der Waals surface area contributed by atoms with Crippen molar-refractivity contribution in [3.8, 4) is 0 Å². The van der Waals surface area contributed by atoms with Crippen molar-refractivity contribution in [3.63, 3.8) is 0 Å². The number of alkyl halides is 3. The Hall–Kier alpha value is -2.93. The second-order valence-corrected chi connectivity index (χ2v) is 7.44. The molecular formula is C23H23F3N4. The lowest BCUT2D eigenvalue weighted by molar-refractivity contribution is -0.141. The van der Waals surface area contributed by atoms with Crippen molar-refractivity contribution in [2.45, 2.75) is 19.1 Å². The van der Waals surface area contributed by atoms with E-state index in [1.165, 1.54) is 11.1 Å². The third kappa shape index (κ3) is 4.46. The summed E-state index contributed by atoms with van der Waals surface area (Å²) in [6, 6.07) is 21.6. The number of anilines is 1. The van der Waals surface area contributed by atoms with Crippen LogP contribution in [-0.2, 0) is 6.18 Å². The van der Waals surface area contributed by atoms with Gasteiger partial charge in [0.2, 0.25) is 5.95 Å². The zero-order chi connectivity index (χ0) is 21.1. The van der Waals surface area contributed by atoms with Gasteiger partial charge in [-0.15, -0.1) is 0 Å². The van der Waals surface area contributed by atoms with Crippen LogP contribution < -0.4 is 4.90 Å². The minimum atomic E-state index is -4.48. The van der Waals surface area contributed by atoms with E-state index in [0.29, 0.717) is 31.9 Å². The number of benzene rings is 2. The average molecular weight is 412 g/mol. The Morgan fingerprint density at radius 2 is 1.33 bits per heavy atom. The molecule has 0 radical (unpaired) electrons. The topological polar surface area (TPSA) is 32.3 Å². The maximum atomic E-state index is 13.1. The molecule has 0 amide bonds. The van der Waals surface area contributed by atoms with Gasteiger partial charge in [0.15, 0.2) is 0 Å². The highest BCUT2D eigenvalue weighted by Gasteiger charge is 2.34. The van der Waals surface area contributed by atoms with E-state index in [1.54, 1.807) is 6.92 Å². The lowest BCUT2D eigenvalue weighted by Crippen LogP contribution is -2.48. The van der Waals surface area contributed by atoms with Gasteiger partial charge in [0.25, 0.3) is 0 Å². The van der Waals surface area contributed by atoms with Crippen LogP contribution in [0.15, 0.2) is 66.7 Å². The van der Waals surface area contributed by atoms with E-state index in [0.717, 1.165) is 6.07 Å². The van der Waals surface area contributed by atoms with Crippen LogP contribution in [0.1, 0.15) is 28.6 Å². The van der Waals surface area contributed by atoms with Crippen LogP contribution in [0.2, 0.25) is 0 Å². The van der Waals surface area contributed by atoms with Crippen LogP contribution >= 0.6 is 0 Å². The molecule has 0 atom stereocenters. The van der Waals surface area contributed by atoms with Gasteiger partial charge in [0.05, 0.1) is 6.04 Å². The van der Waals surface area contributed by atoms with Crippen molar-refractivity contribution in [2.24, 2.45) is 0 Å². The number of rotatable bonds is 4. The largest absolute Gasteiger partial charge is 0.433 e. The van der Waals surface area contributed by atoms with E-state index in [9.17, 15) is 13.2 Å². The van der Waals surface area contributed by atoms with Crippen molar-refractivity contribution in [1.82, 2.24) is 14.9 Å². The maximum Gasteiger partial charge on any atom is 0.433 e. The Balaban J connectivity index is 1.55. The first kappa shape index (κ1) is 20.3. The summed E-state index contributed by atoms with van der Waals surface area (Å²) in [6.45, 7) is 4.10. The first-order chi connectivity index (χ1) is 14.4. The minimum absolute atomic E-state index is 0.0960. The average Bonchev–Trinajstić information content (AvgIpc) is 2.75. The van der Waals surface area contributed by atoms with E-state index in [4.69, 9.17) is 0 Å². The van der Waals surface area contributed by atoms with Gasteiger partial charge in [-0.3, -0.25) is 4.90 Å². The second kappa shape index (κ2) is 8.44. The SMILES string of the molecule is Cc1cc(C(F)(F)F)nc(N2CCN(C(c3ccccc3)c3ccccc3)CC2)n1. The first-order valence-electron chi connectivity index (χ1n) is 9.93. The molecule has 2 aromatic carbocycles. The molecule has 30 heavy (non-hydrogen) atoms. The number of hydrogen-bond donors (Lipinski definition) is 0. The van der Waals surface area contributed by atoms with E-state index in [1.807, 2.05) is 41.3 Å². The molecule has 0 spiro atoms. The Morgan fingerprint density at radius 3 is 1.83 bits per heavy atom. The fourth-order valence-corrected chi connectivity index (χ4v) is 3.90. The predicted molar refractivity (Wildman–Crippen MR) is 110 cm³/mol. The highest BCUT2D eigenvalue weighted by Crippen LogP contribution is 2.31. The Labute approximate surface area is 174 Å². The predicted octanol–water partition coefficient (Wildman–Crippen LogP) is 4.72. The number of nitrogens with zero attached hydrogens (tertiary/aromatic N) is 4. The minimum Gasteiger partial charge on any atom is -0.338 e. The summed E-state index contributed by atoms with van der Waals surface area (Å²) in [7, 11) is 0. The number of aryl methyl sites for hydroxylation is 1. The zero-order valence-corrected chi connectivity index (χ0v) is 16.7. The maximum absolute atomic E-state index is 13.1. The molecule has 3 aromatic rings. The Kier molecular flexibility index (Phi) is 5.72. The zero-order valence-electron chi connectivity index (χ0n) is 16.7. The second-order valence-electron chi connectivity index (χ2n) is 7.44. The molecule has 2 heterocycles. The van der Waals surface area contributed by atoms with Gasteiger partial charge in [0, 0.05) is 31.9 Å². The normalized spacial score (nSPS) is 15.6. The lowest BCUT2D eigenvalue weighted by Gasteiger charge is -2.40. The van der Waals surface area contributed by atoms with Crippen molar-refractivity contribution < 1.29 is 13.2 Å². The van der Waals surface area contributed by atoms with E-state index < -0.39 is 11.9 Å². The summed E-state index contributed by atoms with van der Waals surface area (Å²) >= 11 is 0. The summed E-state index contributed by atoms with van der Waals surface area (Å²) in [4.78, 5) is 12.2. The molecule has 1 saturated heterocycles. The summed E-state index contributed by atoms with van der Waals surface area (Å²) in [5.74, 6) is 0.151. The van der Waals surface area contributed by atoms with Gasteiger partial charge in [-0.25, -0.2) is 9.97 Å². The van der Waals surface area contributed by atoms with Gasteiger partial charge in [0.1, 0.15) is 5.69 Å². The van der Waals surface area contributed by atoms with Crippen LogP contribution in [0.4, 0.5) is 19.1 Å². The monoisotopic (exact) mass is 412 g/mol. The van der Waals surface area contributed by atoms with E-state index in [-0.39, 0.29) is 12.0 Å². The molecule has 1 aliphatic heterocycles. The Bertz CT molecular complexity index is 929. The molecule has 156 valence electrons. The van der Waals surface area contributed by atoms with Crippen molar-refractivity contribution in [3.05, 3.63) is 89.2 Å². The highest BCUT2D eigenvalue weighted by molar-refractivity contribution is 5.36. The molecule has 4 rings (SSSR count). The molecule has 1 fully saturated rings. The smallest absolute Gasteiger partial charge is 0.338 e. The molecule has 0 aliphatic carbocycles. The fourth-order valence-electron chi connectivity index (χ4n) is 3.90. The molecule has 0 saturated carbocycles. The third-order valence-corrected chi connectivity index (χ3v) is 5.33. The quantitative estimate of drug-likeness (QED) is 0.621. The van der Waals surface area contributed by atoms with Gasteiger partial charge in [-0.1, -0.05) is 60.7 Å². The van der Waals surface area contributed by atoms with E-state index >= 15 is 0 Å². The molecule has 0 bridgehead atoms. The van der Waals surface area contributed by atoms with Crippen LogP contribution in [-0.4, -0.2) is 41.0 Å². The van der Waals surface area contributed by atoms with Crippen LogP contribution in [0.3, 0.4) is 0 Å². The molecule has 0 N–H and O–H groups in total. The van der Waals surface area contributed by atoms with Crippen LogP contribution in [0.5, 0.6) is 0 Å². The molecular weight excluding hydrogens is 389 g/mol. The van der Waals surface area contributed by atoms with Gasteiger partial charge < -0.3 is 4.90 Å². The van der Waals surface area contributed by atoms with E-state index in [2.05, 4.69) is 39.1 Å². The van der Waals surface area contributed by atoms with Crippen molar-refractivity contribution in [2.75, 3.05) is 31.1 Å². The molecule has 1 aliphatic rings. The molecule has 4 nitrogen and oxygen atoms in total. The molecule has 7 heteroatoms. The summed E-state index contributed by atoms with van der Waals surface area (Å²) in [6.07, 6.45) is -4.48. The summed E-state index contributed by atoms with van der Waals surface area (Å²) in [5.41, 5.74) is 1.83. The number of aromatic nitrogens is 2. The number of halogens is 3. The first-order valence-corrected chi connectivity index (χ1v) is 9.93. The number of piperazine rings is 1. The van der Waals surface area contributed by atoms with Crippen LogP contribution in [0.25, 0.3) is 0 Å². The van der Waals surface area contributed by atoms with Crippen LogP contribution in [0, 0.1) is 6.92 Å². The summed E-state index contributed by atoms with van der Waals surface area (Å²) < 4.78 is 39.4. The van der Waals surface area contributed by atoms with Crippen molar-refractivity contribution in [1.29, 1.82) is 0 Å². The highest BCUT2D eigenvalue weighted by atomic mass is 19.4. The molecule has 1 aromatic heterocycles. The fraction of sp³-hybridized carbons (Fsp3) is 0.304.